The van der Waals surface area contributed by atoms with Crippen molar-refractivity contribution >= 4 is 0 Å². The van der Waals surface area contributed by atoms with E-state index in [-0.39, 0.29) is 5.56 Å². The lowest BCUT2D eigenvalue weighted by Gasteiger charge is -2.39. The Labute approximate surface area is 128 Å². The van der Waals surface area contributed by atoms with E-state index in [9.17, 15) is 4.79 Å². The smallest absolute Gasteiger partial charge is 0.267 e. The van der Waals surface area contributed by atoms with Crippen LogP contribution < -0.4 is 5.56 Å². The highest BCUT2D eigenvalue weighted by molar-refractivity contribution is 5.22. The Kier molecular flexibility index (Phi) is 3.46. The van der Waals surface area contributed by atoms with E-state index in [1.54, 1.807) is 17.1 Å². The molecular formula is C16H19N5O. The third-order valence-electron chi connectivity index (χ3n) is 4.51. The van der Waals surface area contributed by atoms with Crippen LogP contribution in [-0.2, 0) is 25.9 Å². The zero-order valence-corrected chi connectivity index (χ0v) is 12.5. The molecule has 1 aliphatic carbocycles. The number of hydrogen-bond acceptors (Lipinski definition) is 5. The molecule has 114 valence electrons. The number of rotatable bonds is 4. The van der Waals surface area contributed by atoms with Crippen LogP contribution in [0.4, 0.5) is 0 Å². The second-order valence-electron chi connectivity index (χ2n) is 6.30. The van der Waals surface area contributed by atoms with Crippen molar-refractivity contribution in [2.75, 3.05) is 13.1 Å². The maximum Gasteiger partial charge on any atom is 0.267 e. The fraction of sp³-hybridized carbons (Fsp3) is 0.500. The van der Waals surface area contributed by atoms with E-state index in [0.717, 1.165) is 62.3 Å². The summed E-state index contributed by atoms with van der Waals surface area (Å²) >= 11 is 0. The lowest BCUT2D eigenvalue weighted by atomic mass is 9.99. The first kappa shape index (κ1) is 13.6. The van der Waals surface area contributed by atoms with Crippen LogP contribution in [0.1, 0.15) is 23.2 Å². The lowest BCUT2D eigenvalue weighted by Crippen LogP contribution is -2.49. The van der Waals surface area contributed by atoms with Gasteiger partial charge in [0.25, 0.3) is 5.56 Å². The van der Waals surface area contributed by atoms with Gasteiger partial charge in [0, 0.05) is 49.6 Å². The molecule has 0 amide bonds. The SMILES string of the molecule is O=c1cc2c(nn1CC1CN(Cc3cncnc3)C1)CCC2. The molecule has 2 aromatic rings. The van der Waals surface area contributed by atoms with Crippen LogP contribution in [-0.4, -0.2) is 37.7 Å². The minimum atomic E-state index is 0.0514. The number of likely N-dealkylation sites (tertiary alicyclic amines) is 1. The summed E-state index contributed by atoms with van der Waals surface area (Å²) < 4.78 is 1.66. The van der Waals surface area contributed by atoms with E-state index < -0.39 is 0 Å². The summed E-state index contributed by atoms with van der Waals surface area (Å²) in [7, 11) is 0. The molecule has 2 aromatic heterocycles. The monoisotopic (exact) mass is 297 g/mol. The van der Waals surface area contributed by atoms with E-state index in [4.69, 9.17) is 0 Å². The predicted octanol–water partition coefficient (Wildman–Crippen LogP) is 0.654. The topological polar surface area (TPSA) is 63.9 Å². The van der Waals surface area contributed by atoms with E-state index >= 15 is 0 Å². The Morgan fingerprint density at radius 2 is 2.00 bits per heavy atom. The van der Waals surface area contributed by atoms with Gasteiger partial charge >= 0.3 is 0 Å². The summed E-state index contributed by atoms with van der Waals surface area (Å²) in [6, 6.07) is 1.78. The molecule has 1 fully saturated rings. The molecule has 22 heavy (non-hydrogen) atoms. The Bertz CT molecular complexity index is 721. The third-order valence-corrected chi connectivity index (χ3v) is 4.51. The average Bonchev–Trinajstić information content (AvgIpc) is 2.93. The lowest BCUT2D eigenvalue weighted by molar-refractivity contribution is 0.0763. The summed E-state index contributed by atoms with van der Waals surface area (Å²) in [5, 5.41) is 4.55. The number of nitrogens with zero attached hydrogens (tertiary/aromatic N) is 5. The van der Waals surface area contributed by atoms with Gasteiger partial charge in [0.05, 0.1) is 12.2 Å². The quantitative estimate of drug-likeness (QED) is 0.829. The highest BCUT2D eigenvalue weighted by Crippen LogP contribution is 2.20. The van der Waals surface area contributed by atoms with Gasteiger partial charge < -0.3 is 0 Å². The van der Waals surface area contributed by atoms with E-state index in [1.807, 2.05) is 12.4 Å². The first-order valence-electron chi connectivity index (χ1n) is 7.84. The van der Waals surface area contributed by atoms with Crippen LogP contribution in [0.2, 0.25) is 0 Å². The summed E-state index contributed by atoms with van der Waals surface area (Å²) in [5.74, 6) is 0.509. The first-order chi connectivity index (χ1) is 10.8. The van der Waals surface area contributed by atoms with Crippen molar-refractivity contribution in [1.82, 2.24) is 24.6 Å². The maximum atomic E-state index is 12.1. The van der Waals surface area contributed by atoms with Crippen molar-refractivity contribution in [2.45, 2.75) is 32.4 Å². The molecule has 4 rings (SSSR count). The fourth-order valence-corrected chi connectivity index (χ4v) is 3.41. The van der Waals surface area contributed by atoms with Crippen LogP contribution in [0.5, 0.6) is 0 Å². The Morgan fingerprint density at radius 1 is 1.18 bits per heavy atom. The highest BCUT2D eigenvalue weighted by Gasteiger charge is 2.28. The first-order valence-corrected chi connectivity index (χ1v) is 7.84. The fourth-order valence-electron chi connectivity index (χ4n) is 3.41. The summed E-state index contributed by atoms with van der Waals surface area (Å²) in [5.41, 5.74) is 3.46. The summed E-state index contributed by atoms with van der Waals surface area (Å²) in [4.78, 5) is 22.5. The Hall–Kier alpha value is -2.08. The number of aryl methyl sites for hydroxylation is 2. The van der Waals surface area contributed by atoms with Crippen molar-refractivity contribution < 1.29 is 0 Å². The van der Waals surface area contributed by atoms with E-state index in [2.05, 4.69) is 20.0 Å². The zero-order chi connectivity index (χ0) is 14.9. The molecule has 0 aromatic carbocycles. The van der Waals surface area contributed by atoms with Crippen LogP contribution in [0.25, 0.3) is 0 Å². The van der Waals surface area contributed by atoms with Gasteiger partial charge in [0.1, 0.15) is 6.33 Å². The molecule has 0 unspecified atom stereocenters. The summed E-state index contributed by atoms with van der Waals surface area (Å²) in [6.45, 7) is 3.61. The highest BCUT2D eigenvalue weighted by atomic mass is 16.1. The van der Waals surface area contributed by atoms with Crippen molar-refractivity contribution in [3.8, 4) is 0 Å². The van der Waals surface area contributed by atoms with Gasteiger partial charge in [0.15, 0.2) is 0 Å². The third kappa shape index (κ3) is 2.66. The second kappa shape index (κ2) is 5.61. The predicted molar refractivity (Wildman–Crippen MR) is 81.3 cm³/mol. The molecule has 1 aliphatic heterocycles. The minimum absolute atomic E-state index is 0.0514. The molecule has 3 heterocycles. The van der Waals surface area contributed by atoms with Gasteiger partial charge in [-0.1, -0.05) is 0 Å². The molecule has 0 radical (unpaired) electrons. The van der Waals surface area contributed by atoms with Crippen molar-refractivity contribution in [3.63, 3.8) is 0 Å². The Balaban J connectivity index is 1.36. The molecule has 2 aliphatic rings. The molecule has 1 saturated heterocycles. The van der Waals surface area contributed by atoms with Crippen LogP contribution in [0.15, 0.2) is 29.6 Å². The van der Waals surface area contributed by atoms with Gasteiger partial charge in [-0.25, -0.2) is 14.6 Å². The zero-order valence-electron chi connectivity index (χ0n) is 12.5. The van der Waals surface area contributed by atoms with Crippen LogP contribution in [0, 0.1) is 5.92 Å². The maximum absolute atomic E-state index is 12.1. The number of fused-ring (bicyclic) bond motifs is 1. The molecule has 6 nitrogen and oxygen atoms in total. The van der Waals surface area contributed by atoms with E-state index in [1.165, 1.54) is 0 Å². The van der Waals surface area contributed by atoms with E-state index in [0.29, 0.717) is 5.92 Å². The molecule has 6 heteroatoms. The Morgan fingerprint density at radius 3 is 2.82 bits per heavy atom. The normalized spacial score (nSPS) is 18.2. The average molecular weight is 297 g/mol. The number of hydrogen-bond donors (Lipinski definition) is 0. The van der Waals surface area contributed by atoms with Crippen molar-refractivity contribution in [1.29, 1.82) is 0 Å². The number of aromatic nitrogens is 4. The molecule has 0 bridgehead atoms. The van der Waals surface area contributed by atoms with Gasteiger partial charge in [-0.2, -0.15) is 5.10 Å². The van der Waals surface area contributed by atoms with Gasteiger partial charge in [-0.3, -0.25) is 9.69 Å². The summed E-state index contributed by atoms with van der Waals surface area (Å²) in [6.07, 6.45) is 8.41. The van der Waals surface area contributed by atoms with Gasteiger partial charge in [-0.15, -0.1) is 0 Å². The van der Waals surface area contributed by atoms with Gasteiger partial charge in [0.2, 0.25) is 0 Å². The van der Waals surface area contributed by atoms with Crippen LogP contribution in [0.3, 0.4) is 0 Å². The molecular weight excluding hydrogens is 278 g/mol. The minimum Gasteiger partial charge on any atom is -0.298 e. The molecule has 0 N–H and O–H groups in total. The molecule has 0 spiro atoms. The standard InChI is InChI=1S/C16H19N5O/c22-16-4-14-2-1-3-15(14)19-21(16)10-13-8-20(9-13)7-12-5-17-11-18-6-12/h4-6,11,13H,1-3,7-10H2. The second-order valence-corrected chi connectivity index (χ2v) is 6.30. The van der Waals surface area contributed by atoms with Crippen LogP contribution >= 0.6 is 0 Å². The largest absolute Gasteiger partial charge is 0.298 e. The van der Waals surface area contributed by atoms with Crippen molar-refractivity contribution in [3.05, 3.63) is 52.0 Å². The van der Waals surface area contributed by atoms with Gasteiger partial charge in [-0.05, 0) is 24.8 Å². The molecule has 0 atom stereocenters. The van der Waals surface area contributed by atoms with Crippen molar-refractivity contribution in [2.24, 2.45) is 5.92 Å². The molecule has 0 saturated carbocycles.